The number of benzene rings is 3. The standard InChI is InChI=1S/C23H21N3/c1-17-10-9-11-18(2)21(17)23-22(20-14-7-4-8-15-20)24-25-26(23)16-19-12-5-3-6-13-19/h3-15H,16H2,1-2H3. The van der Waals surface area contributed by atoms with Crippen LogP contribution in [0.1, 0.15) is 16.7 Å². The highest BCUT2D eigenvalue weighted by molar-refractivity contribution is 5.81. The molecule has 3 nitrogen and oxygen atoms in total. The van der Waals surface area contributed by atoms with Crippen molar-refractivity contribution in [3.8, 4) is 22.5 Å². The summed E-state index contributed by atoms with van der Waals surface area (Å²) < 4.78 is 2.02. The molecule has 128 valence electrons. The predicted molar refractivity (Wildman–Crippen MR) is 106 cm³/mol. The Morgan fingerprint density at radius 3 is 2.00 bits per heavy atom. The van der Waals surface area contributed by atoms with Gasteiger partial charge in [0.15, 0.2) is 0 Å². The van der Waals surface area contributed by atoms with E-state index in [0.717, 1.165) is 17.0 Å². The molecule has 1 heterocycles. The van der Waals surface area contributed by atoms with Gasteiger partial charge in [-0.15, -0.1) is 5.10 Å². The van der Waals surface area contributed by atoms with Crippen LogP contribution in [0.25, 0.3) is 22.5 Å². The summed E-state index contributed by atoms with van der Waals surface area (Å²) >= 11 is 0. The Kier molecular flexibility index (Phi) is 4.36. The zero-order valence-electron chi connectivity index (χ0n) is 15.1. The van der Waals surface area contributed by atoms with Crippen LogP contribution in [0.4, 0.5) is 0 Å². The number of nitrogens with zero attached hydrogens (tertiary/aromatic N) is 3. The summed E-state index contributed by atoms with van der Waals surface area (Å²) in [6, 6.07) is 27.1. The molecule has 0 bridgehead atoms. The summed E-state index contributed by atoms with van der Waals surface area (Å²) in [7, 11) is 0. The van der Waals surface area contributed by atoms with Crippen LogP contribution in [0.5, 0.6) is 0 Å². The smallest absolute Gasteiger partial charge is 0.121 e. The van der Waals surface area contributed by atoms with Crippen LogP contribution in [0.15, 0.2) is 78.9 Å². The molecule has 0 N–H and O–H groups in total. The lowest BCUT2D eigenvalue weighted by Crippen LogP contribution is -2.05. The maximum absolute atomic E-state index is 4.55. The fourth-order valence-electron chi connectivity index (χ4n) is 3.41. The van der Waals surface area contributed by atoms with Gasteiger partial charge in [0.2, 0.25) is 0 Å². The summed E-state index contributed by atoms with van der Waals surface area (Å²) in [5.41, 5.74) is 7.99. The highest BCUT2D eigenvalue weighted by Crippen LogP contribution is 2.34. The molecule has 0 aliphatic carbocycles. The molecular formula is C23H21N3. The van der Waals surface area contributed by atoms with Gasteiger partial charge in [-0.3, -0.25) is 0 Å². The molecule has 3 heteroatoms. The van der Waals surface area contributed by atoms with E-state index >= 15 is 0 Å². The first-order valence-electron chi connectivity index (χ1n) is 8.83. The Hall–Kier alpha value is -3.20. The van der Waals surface area contributed by atoms with Crippen molar-refractivity contribution in [2.45, 2.75) is 20.4 Å². The molecule has 4 aromatic rings. The first-order chi connectivity index (χ1) is 12.7. The maximum Gasteiger partial charge on any atom is 0.121 e. The second-order valence-electron chi connectivity index (χ2n) is 6.56. The van der Waals surface area contributed by atoms with Crippen LogP contribution in [0, 0.1) is 13.8 Å². The molecule has 0 aliphatic heterocycles. The minimum Gasteiger partial charge on any atom is -0.240 e. The molecule has 3 aromatic carbocycles. The predicted octanol–water partition coefficient (Wildman–Crippen LogP) is 5.28. The molecule has 4 rings (SSSR count). The molecule has 0 radical (unpaired) electrons. The van der Waals surface area contributed by atoms with Gasteiger partial charge in [0.1, 0.15) is 5.69 Å². The zero-order chi connectivity index (χ0) is 17.9. The molecule has 0 amide bonds. The van der Waals surface area contributed by atoms with Crippen molar-refractivity contribution < 1.29 is 0 Å². The quantitative estimate of drug-likeness (QED) is 0.506. The van der Waals surface area contributed by atoms with Gasteiger partial charge in [-0.05, 0) is 30.5 Å². The summed E-state index contributed by atoms with van der Waals surface area (Å²) in [5.74, 6) is 0. The van der Waals surface area contributed by atoms with Crippen molar-refractivity contribution in [2.24, 2.45) is 0 Å². The third-order valence-electron chi connectivity index (χ3n) is 4.68. The molecule has 0 aliphatic rings. The molecule has 26 heavy (non-hydrogen) atoms. The molecule has 1 aromatic heterocycles. The van der Waals surface area contributed by atoms with E-state index in [1.165, 1.54) is 22.3 Å². The van der Waals surface area contributed by atoms with Crippen LogP contribution < -0.4 is 0 Å². The number of hydrogen-bond donors (Lipinski definition) is 0. The second-order valence-corrected chi connectivity index (χ2v) is 6.56. The van der Waals surface area contributed by atoms with Gasteiger partial charge in [0.25, 0.3) is 0 Å². The molecule has 0 saturated carbocycles. The van der Waals surface area contributed by atoms with E-state index in [-0.39, 0.29) is 0 Å². The van der Waals surface area contributed by atoms with Crippen LogP contribution >= 0.6 is 0 Å². The van der Waals surface area contributed by atoms with E-state index < -0.39 is 0 Å². The summed E-state index contributed by atoms with van der Waals surface area (Å²) in [6.45, 7) is 5.00. The minimum absolute atomic E-state index is 0.698. The molecule has 0 unspecified atom stereocenters. The van der Waals surface area contributed by atoms with Gasteiger partial charge < -0.3 is 0 Å². The summed E-state index contributed by atoms with van der Waals surface area (Å²) in [6.07, 6.45) is 0. The third-order valence-corrected chi connectivity index (χ3v) is 4.68. The van der Waals surface area contributed by atoms with Crippen LogP contribution in [-0.4, -0.2) is 15.0 Å². The Bertz CT molecular complexity index is 998. The van der Waals surface area contributed by atoms with Crippen molar-refractivity contribution in [3.05, 3.63) is 95.6 Å². The molecule has 0 fully saturated rings. The van der Waals surface area contributed by atoms with Crippen molar-refractivity contribution in [1.29, 1.82) is 0 Å². The topological polar surface area (TPSA) is 30.7 Å². The van der Waals surface area contributed by atoms with Gasteiger partial charge in [-0.25, -0.2) is 4.68 Å². The highest BCUT2D eigenvalue weighted by Gasteiger charge is 2.19. The Labute approximate surface area is 153 Å². The summed E-state index contributed by atoms with van der Waals surface area (Å²) in [5, 5.41) is 9.07. The van der Waals surface area contributed by atoms with Crippen molar-refractivity contribution >= 4 is 0 Å². The fourth-order valence-corrected chi connectivity index (χ4v) is 3.41. The van der Waals surface area contributed by atoms with E-state index in [1.54, 1.807) is 0 Å². The largest absolute Gasteiger partial charge is 0.240 e. The first-order valence-corrected chi connectivity index (χ1v) is 8.83. The average molecular weight is 339 g/mol. The maximum atomic E-state index is 4.55. The van der Waals surface area contributed by atoms with E-state index in [9.17, 15) is 0 Å². The van der Waals surface area contributed by atoms with E-state index in [2.05, 4.69) is 78.8 Å². The lowest BCUT2D eigenvalue weighted by atomic mass is 9.96. The van der Waals surface area contributed by atoms with Gasteiger partial charge in [-0.1, -0.05) is 84.1 Å². The van der Waals surface area contributed by atoms with E-state index in [4.69, 9.17) is 0 Å². The van der Waals surface area contributed by atoms with Gasteiger partial charge in [-0.2, -0.15) is 0 Å². The molecule has 0 spiro atoms. The lowest BCUT2D eigenvalue weighted by molar-refractivity contribution is 0.655. The number of hydrogen-bond acceptors (Lipinski definition) is 2. The molecular weight excluding hydrogens is 318 g/mol. The Morgan fingerprint density at radius 2 is 1.35 bits per heavy atom. The fraction of sp³-hybridized carbons (Fsp3) is 0.130. The third kappa shape index (κ3) is 3.04. The minimum atomic E-state index is 0.698. The van der Waals surface area contributed by atoms with Crippen LogP contribution in [0.2, 0.25) is 0 Å². The van der Waals surface area contributed by atoms with Crippen molar-refractivity contribution in [1.82, 2.24) is 15.0 Å². The van der Waals surface area contributed by atoms with Gasteiger partial charge in [0.05, 0.1) is 12.2 Å². The van der Waals surface area contributed by atoms with Crippen LogP contribution in [0.3, 0.4) is 0 Å². The van der Waals surface area contributed by atoms with Crippen LogP contribution in [-0.2, 0) is 6.54 Å². The van der Waals surface area contributed by atoms with E-state index in [0.29, 0.717) is 6.54 Å². The Balaban J connectivity index is 1.92. The molecule has 0 atom stereocenters. The van der Waals surface area contributed by atoms with E-state index in [1.807, 2.05) is 28.9 Å². The normalized spacial score (nSPS) is 10.8. The number of aromatic nitrogens is 3. The first kappa shape index (κ1) is 16.3. The monoisotopic (exact) mass is 339 g/mol. The number of aryl methyl sites for hydroxylation is 2. The lowest BCUT2D eigenvalue weighted by Gasteiger charge is -2.14. The summed E-state index contributed by atoms with van der Waals surface area (Å²) in [4.78, 5) is 0. The van der Waals surface area contributed by atoms with Crippen molar-refractivity contribution in [2.75, 3.05) is 0 Å². The Morgan fingerprint density at radius 1 is 0.731 bits per heavy atom. The zero-order valence-corrected chi connectivity index (χ0v) is 15.1. The molecule has 0 saturated heterocycles. The SMILES string of the molecule is Cc1cccc(C)c1-c1c(-c2ccccc2)nnn1Cc1ccccc1. The number of rotatable bonds is 4. The van der Waals surface area contributed by atoms with Crippen molar-refractivity contribution in [3.63, 3.8) is 0 Å². The average Bonchev–Trinajstić information content (AvgIpc) is 3.06. The van der Waals surface area contributed by atoms with Gasteiger partial charge in [0, 0.05) is 11.1 Å². The van der Waals surface area contributed by atoms with Gasteiger partial charge >= 0.3 is 0 Å². The highest BCUT2D eigenvalue weighted by atomic mass is 15.4. The second kappa shape index (κ2) is 6.96.